The van der Waals surface area contributed by atoms with Crippen LogP contribution in [0.2, 0.25) is 0 Å². The van der Waals surface area contributed by atoms with Crippen molar-refractivity contribution in [2.75, 3.05) is 13.1 Å². The van der Waals surface area contributed by atoms with Crippen LogP contribution >= 0.6 is 0 Å². The molecule has 0 aliphatic heterocycles. The van der Waals surface area contributed by atoms with E-state index < -0.39 is 5.91 Å². The van der Waals surface area contributed by atoms with Crippen molar-refractivity contribution >= 4 is 11.7 Å². The molecule has 0 aliphatic rings. The molecule has 1 rings (SSSR count). The molecule has 1 amide bonds. The average molecular weight is 238 g/mol. The van der Waals surface area contributed by atoms with Gasteiger partial charge in [-0.15, -0.1) is 0 Å². The van der Waals surface area contributed by atoms with Gasteiger partial charge in [-0.05, 0) is 6.92 Å². The van der Waals surface area contributed by atoms with E-state index in [1.807, 2.05) is 0 Å². The number of oxime groups is 1. The van der Waals surface area contributed by atoms with Crippen LogP contribution in [-0.4, -0.2) is 39.9 Å². The van der Waals surface area contributed by atoms with Crippen molar-refractivity contribution in [2.24, 2.45) is 10.9 Å². The van der Waals surface area contributed by atoms with Gasteiger partial charge in [0.15, 0.2) is 11.3 Å². The summed E-state index contributed by atoms with van der Waals surface area (Å²) in [5.41, 5.74) is 4.98. The Bertz CT molecular complexity index is 480. The number of amides is 1. The number of pyridine rings is 1. The van der Waals surface area contributed by atoms with Crippen molar-refractivity contribution in [2.45, 2.75) is 6.92 Å². The van der Waals surface area contributed by atoms with Crippen molar-refractivity contribution in [3.63, 3.8) is 0 Å². The van der Waals surface area contributed by atoms with Gasteiger partial charge in [0.2, 0.25) is 0 Å². The Hall–Kier alpha value is -2.31. The van der Waals surface area contributed by atoms with Crippen LogP contribution in [0.4, 0.5) is 0 Å². The number of rotatable bonds is 4. The minimum Gasteiger partial charge on any atom is -0.409 e. The highest BCUT2D eigenvalue weighted by molar-refractivity contribution is 5.96. The molecule has 0 spiro atoms. The molecule has 1 aromatic rings. The van der Waals surface area contributed by atoms with E-state index in [1.165, 1.54) is 23.4 Å². The van der Waals surface area contributed by atoms with E-state index in [2.05, 4.69) is 10.1 Å². The zero-order valence-electron chi connectivity index (χ0n) is 9.38. The minimum absolute atomic E-state index is 0.0276. The SMILES string of the molecule is CCN(C/C(N)=N/O)C(=O)c1c[nH]ccc1=O. The van der Waals surface area contributed by atoms with Crippen LogP contribution in [0, 0.1) is 0 Å². The van der Waals surface area contributed by atoms with Crippen LogP contribution in [-0.2, 0) is 0 Å². The molecule has 0 saturated heterocycles. The first-order valence-electron chi connectivity index (χ1n) is 5.03. The largest absolute Gasteiger partial charge is 0.409 e. The van der Waals surface area contributed by atoms with Gasteiger partial charge < -0.3 is 20.8 Å². The summed E-state index contributed by atoms with van der Waals surface area (Å²) in [6.45, 7) is 2.06. The van der Waals surface area contributed by atoms with E-state index >= 15 is 0 Å². The molecule has 92 valence electrons. The van der Waals surface area contributed by atoms with Crippen molar-refractivity contribution < 1.29 is 10.0 Å². The molecule has 0 aromatic carbocycles. The number of carbonyl (C=O) groups excluding carboxylic acids is 1. The zero-order chi connectivity index (χ0) is 12.8. The smallest absolute Gasteiger partial charge is 0.259 e. The van der Waals surface area contributed by atoms with Crippen LogP contribution < -0.4 is 11.2 Å². The number of aromatic nitrogens is 1. The van der Waals surface area contributed by atoms with Crippen LogP contribution in [0.15, 0.2) is 28.4 Å². The molecule has 0 atom stereocenters. The number of nitrogens with zero attached hydrogens (tertiary/aromatic N) is 2. The highest BCUT2D eigenvalue weighted by Crippen LogP contribution is 1.98. The first kappa shape index (κ1) is 12.8. The summed E-state index contributed by atoms with van der Waals surface area (Å²) in [6.07, 6.45) is 2.78. The van der Waals surface area contributed by atoms with E-state index in [9.17, 15) is 9.59 Å². The minimum atomic E-state index is -0.457. The molecule has 17 heavy (non-hydrogen) atoms. The Morgan fingerprint density at radius 1 is 1.65 bits per heavy atom. The van der Waals surface area contributed by atoms with E-state index in [0.717, 1.165) is 0 Å². The molecule has 0 fully saturated rings. The van der Waals surface area contributed by atoms with Crippen LogP contribution in [0.3, 0.4) is 0 Å². The van der Waals surface area contributed by atoms with Gasteiger partial charge in [-0.25, -0.2) is 0 Å². The molecule has 0 unspecified atom stereocenters. The summed E-state index contributed by atoms with van der Waals surface area (Å²) in [7, 11) is 0. The van der Waals surface area contributed by atoms with E-state index in [0.29, 0.717) is 6.54 Å². The number of likely N-dealkylation sites (N-methyl/N-ethyl adjacent to an activating group) is 1. The highest BCUT2D eigenvalue weighted by atomic mass is 16.4. The molecular formula is C10H14N4O3. The van der Waals surface area contributed by atoms with Gasteiger partial charge >= 0.3 is 0 Å². The van der Waals surface area contributed by atoms with E-state index in [4.69, 9.17) is 10.9 Å². The van der Waals surface area contributed by atoms with Crippen molar-refractivity contribution in [1.82, 2.24) is 9.88 Å². The maximum atomic E-state index is 12.0. The zero-order valence-corrected chi connectivity index (χ0v) is 9.38. The molecule has 1 heterocycles. The van der Waals surface area contributed by atoms with Gasteiger partial charge in [0.05, 0.1) is 6.54 Å². The van der Waals surface area contributed by atoms with Crippen molar-refractivity contribution in [1.29, 1.82) is 0 Å². The quantitative estimate of drug-likeness (QED) is 0.286. The van der Waals surface area contributed by atoms with Crippen molar-refractivity contribution in [3.05, 3.63) is 34.2 Å². The third-order valence-electron chi connectivity index (χ3n) is 2.20. The van der Waals surface area contributed by atoms with Gasteiger partial charge in [-0.3, -0.25) is 9.59 Å². The molecule has 4 N–H and O–H groups in total. The Morgan fingerprint density at radius 3 is 2.88 bits per heavy atom. The molecule has 0 aliphatic carbocycles. The van der Waals surface area contributed by atoms with Crippen LogP contribution in [0.25, 0.3) is 0 Å². The predicted molar refractivity (Wildman–Crippen MR) is 62.0 cm³/mol. The Kier molecular flexibility index (Phi) is 4.27. The maximum absolute atomic E-state index is 12.0. The molecule has 1 aromatic heterocycles. The summed E-state index contributed by atoms with van der Waals surface area (Å²) in [6, 6.07) is 1.27. The number of hydrogen-bond acceptors (Lipinski definition) is 4. The standard InChI is InChI=1S/C10H14N4O3/c1-2-14(6-9(11)13-17)10(16)7-5-12-4-3-8(7)15/h3-5,17H,2,6H2,1H3,(H2,11,13)(H,12,15). The fourth-order valence-electron chi connectivity index (χ4n) is 1.31. The Balaban J connectivity index is 2.95. The average Bonchev–Trinajstić information content (AvgIpc) is 2.35. The summed E-state index contributed by atoms with van der Waals surface area (Å²) >= 11 is 0. The lowest BCUT2D eigenvalue weighted by Gasteiger charge is -2.19. The fourth-order valence-corrected chi connectivity index (χ4v) is 1.31. The topological polar surface area (TPSA) is 112 Å². The van der Waals surface area contributed by atoms with Gasteiger partial charge in [-0.2, -0.15) is 0 Å². The molecule has 0 radical (unpaired) electrons. The number of nitrogens with two attached hydrogens (primary N) is 1. The Morgan fingerprint density at radius 2 is 2.35 bits per heavy atom. The van der Waals surface area contributed by atoms with Crippen LogP contribution in [0.1, 0.15) is 17.3 Å². The number of carbonyl (C=O) groups is 1. The summed E-state index contributed by atoms with van der Waals surface area (Å²) < 4.78 is 0. The fraction of sp³-hybridized carbons (Fsp3) is 0.300. The van der Waals surface area contributed by atoms with Crippen LogP contribution in [0.5, 0.6) is 0 Å². The second-order valence-corrected chi connectivity index (χ2v) is 3.33. The lowest BCUT2D eigenvalue weighted by atomic mass is 10.2. The number of hydrogen-bond donors (Lipinski definition) is 3. The first-order valence-corrected chi connectivity index (χ1v) is 5.03. The van der Waals surface area contributed by atoms with Gasteiger partial charge in [0.1, 0.15) is 5.56 Å². The van der Waals surface area contributed by atoms with E-state index in [1.54, 1.807) is 6.92 Å². The molecular weight excluding hydrogens is 224 g/mol. The maximum Gasteiger partial charge on any atom is 0.259 e. The van der Waals surface area contributed by atoms with E-state index in [-0.39, 0.29) is 23.4 Å². The highest BCUT2D eigenvalue weighted by Gasteiger charge is 2.17. The number of aromatic amines is 1. The lowest BCUT2D eigenvalue weighted by molar-refractivity contribution is 0.0784. The van der Waals surface area contributed by atoms with Crippen molar-refractivity contribution in [3.8, 4) is 0 Å². The third-order valence-corrected chi connectivity index (χ3v) is 2.20. The lowest BCUT2D eigenvalue weighted by Crippen LogP contribution is -2.40. The summed E-state index contributed by atoms with van der Waals surface area (Å²) in [4.78, 5) is 27.4. The number of amidine groups is 1. The predicted octanol–water partition coefficient (Wildman–Crippen LogP) is -0.417. The van der Waals surface area contributed by atoms with Gasteiger partial charge in [0.25, 0.3) is 5.91 Å². The summed E-state index contributed by atoms with van der Waals surface area (Å²) in [5, 5.41) is 11.2. The monoisotopic (exact) mass is 238 g/mol. The summed E-state index contributed by atoms with van der Waals surface area (Å²) in [5.74, 6) is -0.548. The molecule has 7 nitrogen and oxygen atoms in total. The van der Waals surface area contributed by atoms with Gasteiger partial charge in [0, 0.05) is 25.0 Å². The normalized spacial score (nSPS) is 11.2. The third kappa shape index (κ3) is 3.07. The van der Waals surface area contributed by atoms with Gasteiger partial charge in [-0.1, -0.05) is 5.16 Å². The Labute approximate surface area is 97.5 Å². The molecule has 7 heteroatoms. The second-order valence-electron chi connectivity index (χ2n) is 3.33. The number of nitrogens with one attached hydrogen (secondary N) is 1. The molecule has 0 bridgehead atoms. The second kappa shape index (κ2) is 5.69. The molecule has 0 saturated carbocycles. The number of H-pyrrole nitrogens is 1. The first-order chi connectivity index (χ1) is 8.10.